The fourth-order valence-electron chi connectivity index (χ4n) is 0.329. The Bertz CT molecular complexity index is 210. The monoisotopic (exact) mass is 318 g/mol. The zero-order chi connectivity index (χ0) is 6.85. The van der Waals surface area contributed by atoms with Crippen molar-refractivity contribution in [2.24, 2.45) is 0 Å². The third-order valence-corrected chi connectivity index (χ3v) is 3.53. The number of rotatable bonds is 0. The van der Waals surface area contributed by atoms with Gasteiger partial charge in [0.05, 0.1) is 4.47 Å². The SMILES string of the molecule is Clc1ncnc(I)c1Br. The van der Waals surface area contributed by atoms with E-state index in [9.17, 15) is 0 Å². The predicted molar refractivity (Wildman–Crippen MR) is 47.5 cm³/mol. The summed E-state index contributed by atoms with van der Waals surface area (Å²) in [5.41, 5.74) is 0. The van der Waals surface area contributed by atoms with Gasteiger partial charge in [0.2, 0.25) is 0 Å². The van der Waals surface area contributed by atoms with Gasteiger partial charge in [-0.25, -0.2) is 9.97 Å². The lowest BCUT2D eigenvalue weighted by atomic mass is 10.7. The van der Waals surface area contributed by atoms with E-state index in [-0.39, 0.29) is 0 Å². The van der Waals surface area contributed by atoms with Crippen molar-refractivity contribution in [1.82, 2.24) is 9.97 Å². The predicted octanol–water partition coefficient (Wildman–Crippen LogP) is 2.50. The second-order valence-electron chi connectivity index (χ2n) is 1.27. The normalized spacial score (nSPS) is 9.67. The summed E-state index contributed by atoms with van der Waals surface area (Å²) in [4.78, 5) is 7.63. The van der Waals surface area contributed by atoms with E-state index in [1.807, 2.05) is 0 Å². The molecule has 0 saturated heterocycles. The summed E-state index contributed by atoms with van der Waals surface area (Å²) in [6.07, 6.45) is 1.43. The van der Waals surface area contributed by atoms with Crippen LogP contribution < -0.4 is 0 Å². The van der Waals surface area contributed by atoms with Gasteiger partial charge in [0, 0.05) is 0 Å². The van der Waals surface area contributed by atoms with Gasteiger partial charge in [-0.15, -0.1) is 0 Å². The van der Waals surface area contributed by atoms with Crippen molar-refractivity contribution in [3.63, 3.8) is 0 Å². The molecule has 1 rings (SSSR count). The van der Waals surface area contributed by atoms with Gasteiger partial charge < -0.3 is 0 Å². The van der Waals surface area contributed by atoms with E-state index in [0.717, 1.165) is 8.17 Å². The van der Waals surface area contributed by atoms with Crippen LogP contribution in [0, 0.1) is 3.70 Å². The molecule has 0 atom stereocenters. The van der Waals surface area contributed by atoms with E-state index in [1.54, 1.807) is 0 Å². The van der Waals surface area contributed by atoms with Gasteiger partial charge in [0.25, 0.3) is 0 Å². The van der Waals surface area contributed by atoms with Crippen LogP contribution in [-0.4, -0.2) is 9.97 Å². The standard InChI is InChI=1S/C4HBrClIN2/c5-2-3(6)8-1-9-4(2)7/h1H. The molecule has 0 aliphatic carbocycles. The molecule has 0 aliphatic heterocycles. The van der Waals surface area contributed by atoms with Crippen molar-refractivity contribution in [1.29, 1.82) is 0 Å². The van der Waals surface area contributed by atoms with E-state index in [0.29, 0.717) is 5.15 Å². The first kappa shape index (κ1) is 7.68. The van der Waals surface area contributed by atoms with Gasteiger partial charge in [-0.2, -0.15) is 0 Å². The smallest absolute Gasteiger partial charge is 0.147 e. The highest BCUT2D eigenvalue weighted by Crippen LogP contribution is 2.22. The minimum atomic E-state index is 0.453. The lowest BCUT2D eigenvalue weighted by molar-refractivity contribution is 1.12. The molecule has 0 unspecified atom stereocenters. The molecule has 9 heavy (non-hydrogen) atoms. The van der Waals surface area contributed by atoms with Crippen LogP contribution in [-0.2, 0) is 0 Å². The van der Waals surface area contributed by atoms with Crippen LogP contribution in [0.1, 0.15) is 0 Å². The number of hydrogen-bond acceptors (Lipinski definition) is 2. The Kier molecular flexibility index (Phi) is 2.66. The highest BCUT2D eigenvalue weighted by atomic mass is 127. The third-order valence-electron chi connectivity index (χ3n) is 0.704. The van der Waals surface area contributed by atoms with E-state index in [2.05, 4.69) is 48.5 Å². The molecule has 1 aromatic heterocycles. The summed E-state index contributed by atoms with van der Waals surface area (Å²) in [6, 6.07) is 0. The Labute approximate surface area is 79.3 Å². The molecule has 0 saturated carbocycles. The number of nitrogens with zero attached hydrogens (tertiary/aromatic N) is 2. The van der Waals surface area contributed by atoms with Gasteiger partial charge in [-0.1, -0.05) is 11.6 Å². The number of halogens is 3. The maximum Gasteiger partial charge on any atom is 0.147 e. The number of aromatic nitrogens is 2. The Morgan fingerprint density at radius 1 is 1.56 bits per heavy atom. The molecule has 48 valence electrons. The minimum absolute atomic E-state index is 0.453. The molecule has 1 heterocycles. The second kappa shape index (κ2) is 3.12. The average molecular weight is 319 g/mol. The molecular weight excluding hydrogens is 318 g/mol. The fourth-order valence-corrected chi connectivity index (χ4v) is 1.21. The first-order valence-corrected chi connectivity index (χ1v) is 4.28. The van der Waals surface area contributed by atoms with E-state index in [1.165, 1.54) is 6.33 Å². The summed E-state index contributed by atoms with van der Waals surface area (Å²) < 4.78 is 1.58. The van der Waals surface area contributed by atoms with Crippen molar-refractivity contribution >= 4 is 50.1 Å². The fraction of sp³-hybridized carbons (Fsp3) is 0. The van der Waals surface area contributed by atoms with Crippen LogP contribution in [0.5, 0.6) is 0 Å². The van der Waals surface area contributed by atoms with Gasteiger partial charge in [0.1, 0.15) is 15.2 Å². The van der Waals surface area contributed by atoms with Crippen LogP contribution in [0.3, 0.4) is 0 Å². The van der Waals surface area contributed by atoms with Crippen molar-refractivity contribution in [3.05, 3.63) is 19.7 Å². The molecule has 1 aromatic rings. The zero-order valence-corrected chi connectivity index (χ0v) is 8.61. The molecule has 0 aromatic carbocycles. The summed E-state index contributed by atoms with van der Waals surface area (Å²) in [5.74, 6) is 0. The molecular formula is C4HBrClIN2. The lowest BCUT2D eigenvalue weighted by Gasteiger charge is -1.93. The maximum atomic E-state index is 5.61. The Morgan fingerprint density at radius 2 is 2.22 bits per heavy atom. The topological polar surface area (TPSA) is 25.8 Å². The molecule has 0 fully saturated rings. The Balaban J connectivity index is 3.25. The van der Waals surface area contributed by atoms with Crippen molar-refractivity contribution in [3.8, 4) is 0 Å². The molecule has 2 nitrogen and oxygen atoms in total. The minimum Gasteiger partial charge on any atom is -0.229 e. The van der Waals surface area contributed by atoms with Gasteiger partial charge >= 0.3 is 0 Å². The van der Waals surface area contributed by atoms with Gasteiger partial charge in [-0.3, -0.25) is 0 Å². The lowest BCUT2D eigenvalue weighted by Crippen LogP contribution is -1.84. The summed E-state index contributed by atoms with van der Waals surface area (Å²) >= 11 is 10.9. The van der Waals surface area contributed by atoms with E-state index < -0.39 is 0 Å². The molecule has 0 N–H and O–H groups in total. The van der Waals surface area contributed by atoms with Gasteiger partial charge in [0.15, 0.2) is 0 Å². The highest BCUT2D eigenvalue weighted by Gasteiger charge is 2.00. The van der Waals surface area contributed by atoms with Crippen molar-refractivity contribution in [2.75, 3.05) is 0 Å². The Morgan fingerprint density at radius 3 is 2.67 bits per heavy atom. The average Bonchev–Trinajstić information content (AvgIpc) is 1.83. The Hall–Kier alpha value is 0.580. The number of hydrogen-bond donors (Lipinski definition) is 0. The second-order valence-corrected chi connectivity index (χ2v) is 3.44. The van der Waals surface area contributed by atoms with Crippen molar-refractivity contribution in [2.45, 2.75) is 0 Å². The maximum absolute atomic E-state index is 5.61. The molecule has 0 bridgehead atoms. The first-order valence-electron chi connectivity index (χ1n) is 2.03. The zero-order valence-electron chi connectivity index (χ0n) is 4.11. The summed E-state index contributed by atoms with van der Waals surface area (Å²) in [7, 11) is 0. The van der Waals surface area contributed by atoms with Crippen LogP contribution >= 0.6 is 50.1 Å². The quantitative estimate of drug-likeness (QED) is 0.542. The van der Waals surface area contributed by atoms with Crippen molar-refractivity contribution < 1.29 is 0 Å². The molecule has 0 amide bonds. The van der Waals surface area contributed by atoms with Crippen LogP contribution in [0.25, 0.3) is 0 Å². The van der Waals surface area contributed by atoms with Crippen LogP contribution in [0.2, 0.25) is 5.15 Å². The van der Waals surface area contributed by atoms with Gasteiger partial charge in [-0.05, 0) is 38.5 Å². The summed E-state index contributed by atoms with van der Waals surface area (Å²) in [6.45, 7) is 0. The molecule has 5 heteroatoms. The first-order chi connectivity index (χ1) is 4.22. The third kappa shape index (κ3) is 1.75. The van der Waals surface area contributed by atoms with E-state index >= 15 is 0 Å². The van der Waals surface area contributed by atoms with Crippen LogP contribution in [0.4, 0.5) is 0 Å². The molecule has 0 radical (unpaired) electrons. The van der Waals surface area contributed by atoms with Crippen LogP contribution in [0.15, 0.2) is 10.8 Å². The highest BCUT2D eigenvalue weighted by molar-refractivity contribution is 14.1. The molecule has 0 spiro atoms. The molecule has 0 aliphatic rings. The van der Waals surface area contributed by atoms with E-state index in [4.69, 9.17) is 11.6 Å². The summed E-state index contributed by atoms with van der Waals surface area (Å²) in [5, 5.41) is 0.453. The largest absolute Gasteiger partial charge is 0.229 e.